The number of rotatable bonds is 4. The quantitative estimate of drug-likeness (QED) is 0.626. The Morgan fingerprint density at radius 3 is 2.88 bits per heavy atom. The van der Waals surface area contributed by atoms with Crippen LogP contribution in [0.15, 0.2) is 12.3 Å². The van der Waals surface area contributed by atoms with Crippen molar-refractivity contribution >= 4 is 11.5 Å². The fourth-order valence-electron chi connectivity index (χ4n) is 1.78. The summed E-state index contributed by atoms with van der Waals surface area (Å²) in [6, 6.07) is 1.55. The molecule has 1 aromatic heterocycles. The largest absolute Gasteiger partial charge is 0.370 e. The van der Waals surface area contributed by atoms with Crippen LogP contribution < -0.4 is 5.32 Å². The van der Waals surface area contributed by atoms with Gasteiger partial charge in [0.15, 0.2) is 0 Å². The summed E-state index contributed by atoms with van der Waals surface area (Å²) >= 11 is 0. The SMILES string of the molecule is Cc1cc([N+](=O)[O-])cnc1NCC1CCC1. The molecule has 1 aliphatic rings. The Hall–Kier alpha value is -1.65. The topological polar surface area (TPSA) is 68.1 Å². The second-order valence-corrected chi connectivity index (χ2v) is 4.29. The summed E-state index contributed by atoms with van der Waals surface area (Å²) in [7, 11) is 0. The van der Waals surface area contributed by atoms with Crippen LogP contribution in [0.2, 0.25) is 0 Å². The molecule has 0 radical (unpaired) electrons. The van der Waals surface area contributed by atoms with Crippen LogP contribution in [0.1, 0.15) is 24.8 Å². The molecule has 0 saturated heterocycles. The van der Waals surface area contributed by atoms with Crippen LogP contribution in [0.3, 0.4) is 0 Å². The predicted molar refractivity (Wildman–Crippen MR) is 61.5 cm³/mol. The standard InChI is InChI=1S/C11H15N3O2/c1-8-5-10(14(15)16)7-13-11(8)12-6-9-3-2-4-9/h5,7,9H,2-4,6H2,1H3,(H,12,13). The molecule has 1 aromatic rings. The van der Waals surface area contributed by atoms with E-state index in [0.29, 0.717) is 0 Å². The lowest BCUT2D eigenvalue weighted by Crippen LogP contribution is -2.21. The maximum atomic E-state index is 10.5. The van der Waals surface area contributed by atoms with Crippen LogP contribution >= 0.6 is 0 Å². The minimum absolute atomic E-state index is 0.0479. The molecule has 0 spiro atoms. The molecule has 0 amide bonds. The molecule has 5 heteroatoms. The summed E-state index contributed by atoms with van der Waals surface area (Å²) in [6.45, 7) is 2.76. The van der Waals surface area contributed by atoms with Gasteiger partial charge in [0.1, 0.15) is 12.0 Å². The van der Waals surface area contributed by atoms with Crippen molar-refractivity contribution in [3.63, 3.8) is 0 Å². The van der Waals surface area contributed by atoms with Crippen molar-refractivity contribution in [1.82, 2.24) is 4.98 Å². The predicted octanol–water partition coefficient (Wildman–Crippen LogP) is 2.51. The van der Waals surface area contributed by atoms with Crippen LogP contribution in [0.25, 0.3) is 0 Å². The molecule has 0 aromatic carbocycles. The van der Waals surface area contributed by atoms with Gasteiger partial charge in [-0.3, -0.25) is 10.1 Å². The van der Waals surface area contributed by atoms with Gasteiger partial charge in [-0.05, 0) is 31.2 Å². The zero-order valence-electron chi connectivity index (χ0n) is 9.27. The van der Waals surface area contributed by atoms with E-state index >= 15 is 0 Å². The zero-order valence-corrected chi connectivity index (χ0v) is 9.27. The van der Waals surface area contributed by atoms with Crippen molar-refractivity contribution in [2.75, 3.05) is 11.9 Å². The first-order chi connectivity index (χ1) is 7.66. The third kappa shape index (κ3) is 2.29. The first-order valence-corrected chi connectivity index (χ1v) is 5.51. The number of anilines is 1. The first-order valence-electron chi connectivity index (χ1n) is 5.51. The molecule has 16 heavy (non-hydrogen) atoms. The Bertz CT molecular complexity index is 402. The summed E-state index contributed by atoms with van der Waals surface area (Å²) in [6.07, 6.45) is 5.17. The number of nitrogens with one attached hydrogen (secondary N) is 1. The average Bonchev–Trinajstić information content (AvgIpc) is 2.17. The van der Waals surface area contributed by atoms with E-state index in [0.717, 1.165) is 23.8 Å². The zero-order chi connectivity index (χ0) is 11.5. The number of aromatic nitrogens is 1. The Morgan fingerprint density at radius 2 is 2.38 bits per heavy atom. The van der Waals surface area contributed by atoms with Gasteiger partial charge in [-0.2, -0.15) is 0 Å². The molecule has 86 valence electrons. The molecule has 0 unspecified atom stereocenters. The first kappa shape index (κ1) is 10.9. The number of aryl methyl sites for hydroxylation is 1. The molecule has 5 nitrogen and oxygen atoms in total. The van der Waals surface area contributed by atoms with E-state index in [1.54, 1.807) is 6.07 Å². The molecule has 0 bridgehead atoms. The molecule has 0 atom stereocenters. The van der Waals surface area contributed by atoms with Gasteiger partial charge in [0.2, 0.25) is 0 Å². The summed E-state index contributed by atoms with van der Waals surface area (Å²) in [5.74, 6) is 1.51. The fraction of sp³-hybridized carbons (Fsp3) is 0.545. The third-order valence-electron chi connectivity index (χ3n) is 3.06. The number of hydrogen-bond acceptors (Lipinski definition) is 4. The normalized spacial score (nSPS) is 15.6. The average molecular weight is 221 g/mol. The van der Waals surface area contributed by atoms with Gasteiger partial charge in [0.05, 0.1) is 4.92 Å². The second kappa shape index (κ2) is 4.47. The smallest absolute Gasteiger partial charge is 0.287 e. The van der Waals surface area contributed by atoms with E-state index in [2.05, 4.69) is 10.3 Å². The Labute approximate surface area is 94.0 Å². The van der Waals surface area contributed by atoms with Gasteiger partial charge in [0.25, 0.3) is 5.69 Å². The molecule has 1 N–H and O–H groups in total. The van der Waals surface area contributed by atoms with Crippen molar-refractivity contribution in [2.45, 2.75) is 26.2 Å². The molecule has 1 aliphatic carbocycles. The van der Waals surface area contributed by atoms with Crippen LogP contribution in [0, 0.1) is 23.0 Å². The molecule has 0 aliphatic heterocycles. The van der Waals surface area contributed by atoms with Gasteiger partial charge in [0, 0.05) is 12.6 Å². The number of nitrogens with zero attached hydrogens (tertiary/aromatic N) is 2. The molecule has 1 fully saturated rings. The Balaban J connectivity index is 2.00. The van der Waals surface area contributed by atoms with E-state index in [1.165, 1.54) is 25.5 Å². The lowest BCUT2D eigenvalue weighted by molar-refractivity contribution is -0.385. The fourth-order valence-corrected chi connectivity index (χ4v) is 1.78. The summed E-state index contributed by atoms with van der Waals surface area (Å²) in [4.78, 5) is 14.2. The molecular weight excluding hydrogens is 206 g/mol. The molecule has 2 rings (SSSR count). The highest BCUT2D eigenvalue weighted by atomic mass is 16.6. The van der Waals surface area contributed by atoms with Crippen LogP contribution in [0.4, 0.5) is 11.5 Å². The molecule has 1 heterocycles. The van der Waals surface area contributed by atoms with Crippen LogP contribution in [-0.2, 0) is 0 Å². The highest BCUT2D eigenvalue weighted by Gasteiger charge is 2.17. The lowest BCUT2D eigenvalue weighted by atomic mass is 9.85. The number of nitro groups is 1. The highest BCUT2D eigenvalue weighted by molar-refractivity contribution is 5.48. The second-order valence-electron chi connectivity index (χ2n) is 4.29. The Kier molecular flexibility index (Phi) is 3.03. The van der Waals surface area contributed by atoms with E-state index in [4.69, 9.17) is 0 Å². The minimum atomic E-state index is -0.421. The van der Waals surface area contributed by atoms with Gasteiger partial charge in [-0.15, -0.1) is 0 Å². The number of pyridine rings is 1. The highest BCUT2D eigenvalue weighted by Crippen LogP contribution is 2.27. The van der Waals surface area contributed by atoms with Crippen molar-refractivity contribution in [3.05, 3.63) is 27.9 Å². The van der Waals surface area contributed by atoms with Gasteiger partial charge in [-0.25, -0.2) is 4.98 Å². The van der Waals surface area contributed by atoms with Crippen molar-refractivity contribution in [2.24, 2.45) is 5.92 Å². The van der Waals surface area contributed by atoms with Crippen molar-refractivity contribution in [3.8, 4) is 0 Å². The number of hydrogen-bond donors (Lipinski definition) is 1. The summed E-state index contributed by atoms with van der Waals surface area (Å²) in [5, 5.41) is 13.8. The van der Waals surface area contributed by atoms with Gasteiger partial charge >= 0.3 is 0 Å². The monoisotopic (exact) mass is 221 g/mol. The Morgan fingerprint density at radius 1 is 1.62 bits per heavy atom. The lowest BCUT2D eigenvalue weighted by Gasteiger charge is -2.25. The van der Waals surface area contributed by atoms with Gasteiger partial charge in [-0.1, -0.05) is 6.42 Å². The van der Waals surface area contributed by atoms with Crippen LogP contribution in [0.5, 0.6) is 0 Å². The van der Waals surface area contributed by atoms with Crippen LogP contribution in [-0.4, -0.2) is 16.5 Å². The van der Waals surface area contributed by atoms with Crippen molar-refractivity contribution < 1.29 is 4.92 Å². The van der Waals surface area contributed by atoms with Crippen molar-refractivity contribution in [1.29, 1.82) is 0 Å². The van der Waals surface area contributed by atoms with E-state index in [1.807, 2.05) is 6.92 Å². The molecular formula is C11H15N3O2. The maximum Gasteiger partial charge on any atom is 0.287 e. The van der Waals surface area contributed by atoms with E-state index in [-0.39, 0.29) is 5.69 Å². The summed E-state index contributed by atoms with van der Waals surface area (Å²) in [5.41, 5.74) is 0.875. The molecule has 1 saturated carbocycles. The van der Waals surface area contributed by atoms with E-state index < -0.39 is 4.92 Å². The van der Waals surface area contributed by atoms with Gasteiger partial charge < -0.3 is 5.32 Å². The maximum absolute atomic E-state index is 10.5. The third-order valence-corrected chi connectivity index (χ3v) is 3.06. The summed E-state index contributed by atoms with van der Waals surface area (Å²) < 4.78 is 0. The van der Waals surface area contributed by atoms with E-state index in [9.17, 15) is 10.1 Å². The minimum Gasteiger partial charge on any atom is -0.370 e.